The number of carbonyl (C=O) groups excluding carboxylic acids is 1. The van der Waals surface area contributed by atoms with Gasteiger partial charge in [0.2, 0.25) is 0 Å². The van der Waals surface area contributed by atoms with E-state index in [0.29, 0.717) is 5.69 Å². The van der Waals surface area contributed by atoms with Gasteiger partial charge in [-0.1, -0.05) is 0 Å². The highest BCUT2D eigenvalue weighted by Gasteiger charge is 2.34. The predicted octanol–water partition coefficient (Wildman–Crippen LogP) is 0.743. The third kappa shape index (κ3) is 2.77. The fourth-order valence-corrected chi connectivity index (χ4v) is 1.78. The van der Waals surface area contributed by atoms with Crippen molar-refractivity contribution in [1.29, 1.82) is 0 Å². The zero-order valence-corrected chi connectivity index (χ0v) is 9.87. The number of hydrogen-bond acceptors (Lipinski definition) is 4. The minimum absolute atomic E-state index is 0.0605. The van der Waals surface area contributed by atoms with Gasteiger partial charge in [-0.3, -0.25) is 9.59 Å². The molecule has 6 nitrogen and oxygen atoms in total. The van der Waals surface area contributed by atoms with E-state index in [1.54, 1.807) is 17.0 Å². The molecule has 1 fully saturated rings. The van der Waals surface area contributed by atoms with Gasteiger partial charge >= 0.3 is 5.97 Å². The number of hydrogen-bond donors (Lipinski definition) is 2. The first kappa shape index (κ1) is 12.3. The summed E-state index contributed by atoms with van der Waals surface area (Å²) in [5.41, 5.74) is 6.24. The molecular formula is C12H15N3O3. The van der Waals surface area contributed by atoms with E-state index in [1.807, 2.05) is 0 Å². The molecule has 1 aliphatic rings. The molecule has 0 saturated heterocycles. The summed E-state index contributed by atoms with van der Waals surface area (Å²) in [6.45, 7) is 0.203. The Kier molecular flexibility index (Phi) is 3.45. The number of amides is 1. The van der Waals surface area contributed by atoms with Gasteiger partial charge in [-0.2, -0.15) is 0 Å². The molecule has 1 aromatic rings. The molecule has 3 N–H and O–H groups in total. The third-order valence-electron chi connectivity index (χ3n) is 2.86. The summed E-state index contributed by atoms with van der Waals surface area (Å²) in [5.74, 6) is -1.20. The molecule has 0 radical (unpaired) electrons. The van der Waals surface area contributed by atoms with E-state index in [2.05, 4.69) is 4.98 Å². The van der Waals surface area contributed by atoms with Crippen LogP contribution in [0.25, 0.3) is 0 Å². The zero-order valence-electron chi connectivity index (χ0n) is 9.87. The molecule has 0 spiro atoms. The number of nitrogen functional groups attached to an aromatic ring is 1. The molecule has 0 aliphatic heterocycles. The van der Waals surface area contributed by atoms with Crippen molar-refractivity contribution in [3.8, 4) is 0 Å². The maximum Gasteiger partial charge on any atom is 0.305 e. The summed E-state index contributed by atoms with van der Waals surface area (Å²) in [4.78, 5) is 28.4. The third-order valence-corrected chi connectivity index (χ3v) is 2.86. The molecule has 6 heteroatoms. The average molecular weight is 249 g/mol. The Bertz CT molecular complexity index is 471. The second kappa shape index (κ2) is 5.03. The second-order valence-corrected chi connectivity index (χ2v) is 4.31. The van der Waals surface area contributed by atoms with Gasteiger partial charge in [-0.05, 0) is 25.0 Å². The maximum atomic E-state index is 12.3. The van der Waals surface area contributed by atoms with Crippen molar-refractivity contribution in [1.82, 2.24) is 9.88 Å². The Morgan fingerprint density at radius 2 is 2.22 bits per heavy atom. The number of rotatable bonds is 5. The summed E-state index contributed by atoms with van der Waals surface area (Å²) in [5, 5.41) is 8.69. The lowest BCUT2D eigenvalue weighted by molar-refractivity contribution is -0.137. The number of carboxylic acids is 1. The number of pyridine rings is 1. The van der Waals surface area contributed by atoms with Crippen LogP contribution in [0.3, 0.4) is 0 Å². The maximum absolute atomic E-state index is 12.3. The van der Waals surface area contributed by atoms with Crippen molar-refractivity contribution in [3.63, 3.8) is 0 Å². The van der Waals surface area contributed by atoms with Crippen molar-refractivity contribution in [2.24, 2.45) is 0 Å². The first-order chi connectivity index (χ1) is 8.59. The topological polar surface area (TPSA) is 96.5 Å². The first-order valence-corrected chi connectivity index (χ1v) is 5.83. The summed E-state index contributed by atoms with van der Waals surface area (Å²) < 4.78 is 0. The smallest absolute Gasteiger partial charge is 0.305 e. The Hall–Kier alpha value is -2.11. The largest absolute Gasteiger partial charge is 0.481 e. The van der Waals surface area contributed by atoms with Crippen LogP contribution in [0.2, 0.25) is 0 Å². The number of carbonyl (C=O) groups is 2. The lowest BCUT2D eigenvalue weighted by Gasteiger charge is -2.21. The van der Waals surface area contributed by atoms with E-state index in [9.17, 15) is 9.59 Å². The molecule has 96 valence electrons. The fraction of sp³-hybridized carbons (Fsp3) is 0.417. The minimum atomic E-state index is -0.914. The number of aromatic nitrogens is 1. The average Bonchev–Trinajstić information content (AvgIpc) is 3.13. The summed E-state index contributed by atoms with van der Waals surface area (Å²) in [7, 11) is 0. The normalized spacial score (nSPS) is 14.2. The molecule has 2 rings (SSSR count). The SMILES string of the molecule is Nc1cccnc1C(=O)N(CCC(=O)O)C1CC1. The molecule has 0 atom stereocenters. The summed E-state index contributed by atoms with van der Waals surface area (Å²) in [6.07, 6.45) is 3.27. The van der Waals surface area contributed by atoms with Crippen molar-refractivity contribution in [2.75, 3.05) is 12.3 Å². The molecule has 1 aliphatic carbocycles. The van der Waals surface area contributed by atoms with E-state index in [4.69, 9.17) is 10.8 Å². The van der Waals surface area contributed by atoms with E-state index >= 15 is 0 Å². The molecule has 0 unspecified atom stereocenters. The standard InChI is InChI=1S/C12H15N3O3/c13-9-2-1-6-14-11(9)12(18)15(8-3-4-8)7-5-10(16)17/h1-2,6,8H,3-5,7,13H2,(H,16,17). The summed E-state index contributed by atoms with van der Waals surface area (Å²) >= 11 is 0. The van der Waals surface area contributed by atoms with Gasteiger partial charge < -0.3 is 15.7 Å². The van der Waals surface area contributed by atoms with Crippen LogP contribution in [0.1, 0.15) is 29.8 Å². The van der Waals surface area contributed by atoms with Crippen LogP contribution >= 0.6 is 0 Å². The van der Waals surface area contributed by atoms with E-state index < -0.39 is 5.97 Å². The highest BCUT2D eigenvalue weighted by atomic mass is 16.4. The Balaban J connectivity index is 2.13. The van der Waals surface area contributed by atoms with Gasteiger partial charge in [0.05, 0.1) is 12.1 Å². The Morgan fingerprint density at radius 1 is 1.50 bits per heavy atom. The zero-order chi connectivity index (χ0) is 13.1. The molecule has 0 bridgehead atoms. The molecule has 1 amide bonds. The van der Waals surface area contributed by atoms with Crippen molar-refractivity contribution >= 4 is 17.6 Å². The lowest BCUT2D eigenvalue weighted by Crippen LogP contribution is -2.35. The number of anilines is 1. The van der Waals surface area contributed by atoms with E-state index in [0.717, 1.165) is 12.8 Å². The predicted molar refractivity (Wildman–Crippen MR) is 65.0 cm³/mol. The van der Waals surface area contributed by atoms with Gasteiger partial charge in [-0.25, -0.2) is 4.98 Å². The molecule has 0 aromatic carbocycles. The second-order valence-electron chi connectivity index (χ2n) is 4.31. The van der Waals surface area contributed by atoms with Gasteiger partial charge in [-0.15, -0.1) is 0 Å². The van der Waals surface area contributed by atoms with E-state index in [1.165, 1.54) is 6.20 Å². The molecule has 1 aromatic heterocycles. The van der Waals surface area contributed by atoms with Crippen LogP contribution in [0, 0.1) is 0 Å². The van der Waals surface area contributed by atoms with Gasteiger partial charge in [0.1, 0.15) is 0 Å². The van der Waals surface area contributed by atoms with Gasteiger partial charge in [0.15, 0.2) is 5.69 Å². The molecule has 1 saturated carbocycles. The van der Waals surface area contributed by atoms with Crippen LogP contribution in [0.4, 0.5) is 5.69 Å². The first-order valence-electron chi connectivity index (χ1n) is 5.83. The number of nitrogens with zero attached hydrogens (tertiary/aromatic N) is 2. The van der Waals surface area contributed by atoms with Crippen LogP contribution in [0.5, 0.6) is 0 Å². The number of aliphatic carboxylic acids is 1. The lowest BCUT2D eigenvalue weighted by atomic mass is 10.2. The number of carboxylic acid groups (broad SMARTS) is 1. The Morgan fingerprint density at radius 3 is 2.78 bits per heavy atom. The van der Waals surface area contributed by atoms with Crippen molar-refractivity contribution in [2.45, 2.75) is 25.3 Å². The number of nitrogens with two attached hydrogens (primary N) is 1. The van der Waals surface area contributed by atoms with E-state index in [-0.39, 0.29) is 30.6 Å². The van der Waals surface area contributed by atoms with Gasteiger partial charge in [0, 0.05) is 18.8 Å². The summed E-state index contributed by atoms with van der Waals surface area (Å²) in [6, 6.07) is 3.41. The minimum Gasteiger partial charge on any atom is -0.481 e. The van der Waals surface area contributed by atoms with Crippen LogP contribution in [-0.2, 0) is 4.79 Å². The quantitative estimate of drug-likeness (QED) is 0.802. The van der Waals surface area contributed by atoms with Gasteiger partial charge in [0.25, 0.3) is 5.91 Å². The molecular weight excluding hydrogens is 234 g/mol. The molecule has 18 heavy (non-hydrogen) atoms. The molecule has 1 heterocycles. The fourth-order valence-electron chi connectivity index (χ4n) is 1.78. The van der Waals surface area contributed by atoms with Crippen molar-refractivity contribution < 1.29 is 14.7 Å². The van der Waals surface area contributed by atoms with Crippen LogP contribution in [0.15, 0.2) is 18.3 Å². The Labute approximate surface area is 104 Å². The highest BCUT2D eigenvalue weighted by molar-refractivity contribution is 5.97. The monoisotopic (exact) mass is 249 g/mol. The van der Waals surface area contributed by atoms with Crippen LogP contribution < -0.4 is 5.73 Å². The highest BCUT2D eigenvalue weighted by Crippen LogP contribution is 2.28. The van der Waals surface area contributed by atoms with Crippen molar-refractivity contribution in [3.05, 3.63) is 24.0 Å². The van der Waals surface area contributed by atoms with Crippen LogP contribution in [-0.4, -0.2) is 39.5 Å².